The highest BCUT2D eigenvalue weighted by Gasteiger charge is 2.53. The van der Waals surface area contributed by atoms with Crippen molar-refractivity contribution in [1.29, 1.82) is 0 Å². The van der Waals surface area contributed by atoms with Crippen molar-refractivity contribution in [2.24, 2.45) is 5.73 Å². The van der Waals surface area contributed by atoms with E-state index in [0.29, 0.717) is 0 Å². The van der Waals surface area contributed by atoms with E-state index in [0.717, 1.165) is 6.42 Å². The lowest BCUT2D eigenvalue weighted by Gasteiger charge is -2.25. The molecule has 3 atom stereocenters. The van der Waals surface area contributed by atoms with Gasteiger partial charge in [0, 0.05) is 17.0 Å². The van der Waals surface area contributed by atoms with E-state index in [2.05, 4.69) is 31.3 Å². The second-order valence-corrected chi connectivity index (χ2v) is 6.72. The van der Waals surface area contributed by atoms with Gasteiger partial charge in [-0.1, -0.05) is 31.2 Å². The van der Waals surface area contributed by atoms with Gasteiger partial charge >= 0.3 is 0 Å². The molecule has 1 aromatic rings. The van der Waals surface area contributed by atoms with Gasteiger partial charge in [-0.05, 0) is 38.3 Å². The van der Waals surface area contributed by atoms with Gasteiger partial charge in [-0.25, -0.2) is 0 Å². The minimum atomic E-state index is -1.19. The largest absolute Gasteiger partial charge is 0.381 e. The van der Waals surface area contributed by atoms with Crippen LogP contribution in [0.1, 0.15) is 38.3 Å². The number of rotatable bonds is 4. The summed E-state index contributed by atoms with van der Waals surface area (Å²) in [5.74, 6) is -0.389. The number of nitrogens with two attached hydrogens (primary N) is 1. The van der Waals surface area contributed by atoms with Crippen molar-refractivity contribution in [3.63, 3.8) is 0 Å². The number of benzene rings is 1. The summed E-state index contributed by atoms with van der Waals surface area (Å²) in [5, 5.41) is 12.8. The lowest BCUT2D eigenvalue weighted by molar-refractivity contribution is -0.132. The van der Waals surface area contributed by atoms with E-state index in [4.69, 9.17) is 5.73 Å². The van der Waals surface area contributed by atoms with Crippen molar-refractivity contribution in [3.05, 3.63) is 35.4 Å². The molecular weight excluding hydrogens is 252 g/mol. The minimum absolute atomic E-state index is 0.0422. The van der Waals surface area contributed by atoms with Crippen LogP contribution in [0.4, 0.5) is 0 Å². The Kier molecular flexibility index (Phi) is 3.65. The van der Waals surface area contributed by atoms with Crippen molar-refractivity contribution in [2.45, 2.75) is 57.2 Å². The molecule has 20 heavy (non-hydrogen) atoms. The van der Waals surface area contributed by atoms with Crippen LogP contribution in [0.2, 0.25) is 0 Å². The number of carbonyl (C=O) groups is 1. The molecule has 4 heteroatoms. The predicted octanol–water partition coefficient (Wildman–Crippen LogP) is 1.24. The Morgan fingerprint density at radius 3 is 2.65 bits per heavy atom. The molecule has 0 radical (unpaired) electrons. The molecule has 0 spiro atoms. The number of hydrogen-bond acceptors (Lipinski definition) is 3. The fourth-order valence-electron chi connectivity index (χ4n) is 2.68. The maximum atomic E-state index is 12.0. The average molecular weight is 276 g/mol. The van der Waals surface area contributed by atoms with Crippen molar-refractivity contribution in [1.82, 2.24) is 5.32 Å². The summed E-state index contributed by atoms with van der Waals surface area (Å²) in [6, 6.07) is 8.27. The van der Waals surface area contributed by atoms with E-state index in [1.165, 1.54) is 11.1 Å². The monoisotopic (exact) mass is 276 g/mol. The van der Waals surface area contributed by atoms with E-state index < -0.39 is 11.6 Å². The molecule has 0 aromatic heterocycles. The molecule has 2 rings (SSSR count). The molecule has 110 valence electrons. The van der Waals surface area contributed by atoms with Crippen LogP contribution in [0.5, 0.6) is 0 Å². The van der Waals surface area contributed by atoms with Crippen molar-refractivity contribution in [3.8, 4) is 0 Å². The van der Waals surface area contributed by atoms with Gasteiger partial charge in [0.05, 0.1) is 0 Å². The van der Waals surface area contributed by atoms with Crippen LogP contribution < -0.4 is 11.1 Å². The fourth-order valence-corrected chi connectivity index (χ4v) is 2.68. The van der Waals surface area contributed by atoms with Crippen molar-refractivity contribution in [2.75, 3.05) is 0 Å². The number of aliphatic hydroxyl groups is 1. The third-order valence-electron chi connectivity index (χ3n) is 4.27. The predicted molar refractivity (Wildman–Crippen MR) is 79.4 cm³/mol. The summed E-state index contributed by atoms with van der Waals surface area (Å²) < 4.78 is 0. The van der Waals surface area contributed by atoms with Gasteiger partial charge in [-0.15, -0.1) is 0 Å². The molecule has 3 unspecified atom stereocenters. The first kappa shape index (κ1) is 15.0. The molecule has 1 fully saturated rings. The summed E-state index contributed by atoms with van der Waals surface area (Å²) in [6.45, 7) is 7.51. The third kappa shape index (κ3) is 2.72. The smallest absolute Gasteiger partial charge is 0.250 e. The van der Waals surface area contributed by atoms with Gasteiger partial charge in [0.25, 0.3) is 5.91 Å². The van der Waals surface area contributed by atoms with E-state index in [9.17, 15) is 9.90 Å². The molecule has 0 aliphatic heterocycles. The Balaban J connectivity index is 2.05. The molecule has 1 saturated carbocycles. The van der Waals surface area contributed by atoms with E-state index in [1.54, 1.807) is 13.8 Å². The highest BCUT2D eigenvalue weighted by atomic mass is 16.3. The second kappa shape index (κ2) is 4.86. The maximum Gasteiger partial charge on any atom is 0.250 e. The number of carbonyl (C=O) groups excluding carboxylic acids is 1. The molecule has 0 heterocycles. The van der Waals surface area contributed by atoms with Crippen LogP contribution in [0.3, 0.4) is 0 Å². The maximum absolute atomic E-state index is 12.0. The zero-order chi connectivity index (χ0) is 15.1. The van der Waals surface area contributed by atoms with E-state index in [1.807, 2.05) is 12.1 Å². The molecule has 1 aliphatic carbocycles. The topological polar surface area (TPSA) is 75.3 Å². The number of nitrogens with one attached hydrogen (secondary N) is 1. The van der Waals surface area contributed by atoms with Crippen LogP contribution >= 0.6 is 0 Å². The standard InChI is InChI=1S/C16H24N2O2/c1-10-7-5-6-8-11(10)16(4)9-12(16)18-14(20)13(19)15(2,3)17/h5-8,12-13,19H,9,17H2,1-4H3,(H,18,20). The molecule has 4 N–H and O–H groups in total. The van der Waals surface area contributed by atoms with Crippen molar-refractivity contribution >= 4 is 5.91 Å². The molecule has 1 aromatic carbocycles. The van der Waals surface area contributed by atoms with Gasteiger partial charge < -0.3 is 16.2 Å². The number of aryl methyl sites for hydroxylation is 1. The Labute approximate surface area is 120 Å². The zero-order valence-electron chi connectivity index (χ0n) is 12.6. The summed E-state index contributed by atoms with van der Waals surface area (Å²) in [6.07, 6.45) is -0.300. The number of amides is 1. The normalized spacial score (nSPS) is 27.0. The lowest BCUT2D eigenvalue weighted by Crippen LogP contribution is -2.54. The van der Waals surface area contributed by atoms with Crippen molar-refractivity contribution < 1.29 is 9.90 Å². The molecule has 1 aliphatic rings. The quantitative estimate of drug-likeness (QED) is 0.774. The van der Waals surface area contributed by atoms with Crippen LogP contribution in [0, 0.1) is 6.92 Å². The Hall–Kier alpha value is -1.39. The Morgan fingerprint density at radius 2 is 2.10 bits per heavy atom. The summed E-state index contributed by atoms with van der Waals surface area (Å²) in [5.41, 5.74) is 7.28. The van der Waals surface area contributed by atoms with Gasteiger partial charge in [-0.3, -0.25) is 4.79 Å². The number of hydrogen-bond donors (Lipinski definition) is 3. The summed E-state index contributed by atoms with van der Waals surface area (Å²) in [7, 11) is 0. The summed E-state index contributed by atoms with van der Waals surface area (Å²) >= 11 is 0. The first-order valence-electron chi connectivity index (χ1n) is 6.99. The van der Waals surface area contributed by atoms with E-state index >= 15 is 0 Å². The van der Waals surface area contributed by atoms with Gasteiger partial charge in [0.2, 0.25) is 0 Å². The highest BCUT2D eigenvalue weighted by Crippen LogP contribution is 2.49. The molecular formula is C16H24N2O2. The van der Waals surface area contributed by atoms with Crippen LogP contribution in [0.15, 0.2) is 24.3 Å². The first-order chi connectivity index (χ1) is 9.16. The van der Waals surface area contributed by atoms with Gasteiger partial charge in [0.15, 0.2) is 0 Å². The fraction of sp³-hybridized carbons (Fsp3) is 0.562. The molecule has 0 saturated heterocycles. The van der Waals surface area contributed by atoms with Gasteiger partial charge in [0.1, 0.15) is 6.10 Å². The van der Waals surface area contributed by atoms with Crippen LogP contribution in [-0.4, -0.2) is 28.7 Å². The van der Waals surface area contributed by atoms with Crippen LogP contribution in [0.25, 0.3) is 0 Å². The highest BCUT2D eigenvalue weighted by molar-refractivity contribution is 5.83. The van der Waals surface area contributed by atoms with E-state index in [-0.39, 0.29) is 17.4 Å². The Morgan fingerprint density at radius 1 is 1.50 bits per heavy atom. The van der Waals surface area contributed by atoms with Crippen LogP contribution in [-0.2, 0) is 10.2 Å². The molecule has 1 amide bonds. The lowest BCUT2D eigenvalue weighted by atomic mass is 9.93. The SMILES string of the molecule is Cc1ccccc1C1(C)CC1NC(=O)C(O)C(C)(C)N. The molecule has 4 nitrogen and oxygen atoms in total. The molecule has 0 bridgehead atoms. The zero-order valence-corrected chi connectivity index (χ0v) is 12.6. The first-order valence-corrected chi connectivity index (χ1v) is 6.99. The number of aliphatic hydroxyl groups excluding tert-OH is 1. The average Bonchev–Trinajstić information content (AvgIpc) is 2.99. The second-order valence-electron chi connectivity index (χ2n) is 6.72. The minimum Gasteiger partial charge on any atom is -0.381 e. The van der Waals surface area contributed by atoms with Gasteiger partial charge in [-0.2, -0.15) is 0 Å². The Bertz CT molecular complexity index is 521. The summed E-state index contributed by atoms with van der Waals surface area (Å²) in [4.78, 5) is 12.0. The third-order valence-corrected chi connectivity index (χ3v) is 4.27.